The van der Waals surface area contributed by atoms with Crippen LogP contribution < -0.4 is 0 Å². The summed E-state index contributed by atoms with van der Waals surface area (Å²) in [7, 11) is 0. The molecule has 0 aromatic heterocycles. The van der Waals surface area contributed by atoms with Gasteiger partial charge in [-0.25, -0.2) is 0 Å². The highest BCUT2D eigenvalue weighted by Gasteiger charge is 2.61. The number of hydrogen-bond acceptors (Lipinski definition) is 2. The van der Waals surface area contributed by atoms with Gasteiger partial charge in [0.25, 0.3) is 0 Å². The first-order valence-electron chi connectivity index (χ1n) is 6.93. The number of rotatable bonds is 6. The molecule has 0 aromatic carbocycles. The van der Waals surface area contributed by atoms with E-state index in [4.69, 9.17) is 11.2 Å². The van der Waals surface area contributed by atoms with E-state index < -0.39 is 6.10 Å². The molecule has 108 valence electrons. The molecule has 3 unspecified atom stereocenters. The predicted molar refractivity (Wildman–Crippen MR) is 82.9 cm³/mol. The fourth-order valence-corrected chi connectivity index (χ4v) is 2.42. The minimum atomic E-state index is -0.591. The van der Waals surface area contributed by atoms with Gasteiger partial charge in [0, 0.05) is 0 Å². The van der Waals surface area contributed by atoms with E-state index in [-0.39, 0.29) is 23.2 Å². The zero-order valence-corrected chi connectivity index (χ0v) is 12.8. The summed E-state index contributed by atoms with van der Waals surface area (Å²) in [5.41, 5.74) is 1.18. The van der Waals surface area contributed by atoms with E-state index in [1.165, 1.54) is 5.57 Å². The van der Waals surface area contributed by atoms with E-state index in [2.05, 4.69) is 32.4 Å². The standard InChI is InChI=1S/C18H24O2/c1-7-9-10-11-14(8-2)20-17(19)16-15(12-13(3)4)18(16,5)6/h2,7,10-12,14-16H,1,9H2,3-6H3/b11-10+. The third kappa shape index (κ3) is 3.87. The monoisotopic (exact) mass is 272 g/mol. The summed E-state index contributed by atoms with van der Waals surface area (Å²) in [6.07, 6.45) is 13.0. The van der Waals surface area contributed by atoms with Gasteiger partial charge in [-0.15, -0.1) is 13.0 Å². The van der Waals surface area contributed by atoms with E-state index in [0.29, 0.717) is 6.42 Å². The van der Waals surface area contributed by atoms with Crippen molar-refractivity contribution in [1.82, 2.24) is 0 Å². The van der Waals surface area contributed by atoms with Crippen molar-refractivity contribution in [2.24, 2.45) is 17.3 Å². The van der Waals surface area contributed by atoms with Gasteiger partial charge in [-0.3, -0.25) is 4.79 Å². The van der Waals surface area contributed by atoms with Crippen molar-refractivity contribution in [2.45, 2.75) is 40.2 Å². The van der Waals surface area contributed by atoms with Crippen molar-refractivity contribution in [3.8, 4) is 12.3 Å². The minimum Gasteiger partial charge on any atom is -0.445 e. The Morgan fingerprint density at radius 2 is 2.15 bits per heavy atom. The Morgan fingerprint density at radius 1 is 1.50 bits per heavy atom. The molecule has 0 aromatic rings. The van der Waals surface area contributed by atoms with Crippen LogP contribution in [0, 0.1) is 29.6 Å². The van der Waals surface area contributed by atoms with E-state index in [9.17, 15) is 4.79 Å². The Balaban J connectivity index is 2.66. The normalized spacial score (nSPS) is 24.6. The topological polar surface area (TPSA) is 26.3 Å². The number of hydrogen-bond donors (Lipinski definition) is 0. The van der Waals surface area contributed by atoms with Crippen LogP contribution in [0.25, 0.3) is 0 Å². The summed E-state index contributed by atoms with van der Waals surface area (Å²) >= 11 is 0. The quantitative estimate of drug-likeness (QED) is 0.416. The zero-order valence-electron chi connectivity index (χ0n) is 12.8. The summed E-state index contributed by atoms with van der Waals surface area (Å²) in [6, 6.07) is 0. The summed E-state index contributed by atoms with van der Waals surface area (Å²) in [5, 5.41) is 0. The van der Waals surface area contributed by atoms with Crippen LogP contribution in [0.4, 0.5) is 0 Å². The number of allylic oxidation sites excluding steroid dienone is 4. The second-order valence-corrected chi connectivity index (χ2v) is 6.05. The summed E-state index contributed by atoms with van der Waals surface area (Å²) in [4.78, 5) is 12.2. The van der Waals surface area contributed by atoms with Crippen LogP contribution in [0.5, 0.6) is 0 Å². The molecule has 2 heteroatoms. The maximum Gasteiger partial charge on any atom is 0.311 e. The highest BCUT2D eigenvalue weighted by molar-refractivity contribution is 5.78. The smallest absolute Gasteiger partial charge is 0.311 e. The molecule has 0 N–H and O–H groups in total. The second-order valence-electron chi connectivity index (χ2n) is 6.05. The molecule has 0 heterocycles. The van der Waals surface area contributed by atoms with Gasteiger partial charge in [-0.1, -0.05) is 43.6 Å². The highest BCUT2D eigenvalue weighted by Crippen LogP contribution is 2.59. The molecule has 2 nitrogen and oxygen atoms in total. The van der Waals surface area contributed by atoms with Gasteiger partial charge in [-0.05, 0) is 37.7 Å². The molecule has 0 aliphatic heterocycles. The first kappa shape index (κ1) is 16.3. The molecule has 0 saturated heterocycles. The Hall–Kier alpha value is -1.75. The molecule has 1 saturated carbocycles. The maximum absolute atomic E-state index is 12.2. The van der Waals surface area contributed by atoms with Crippen LogP contribution in [0.2, 0.25) is 0 Å². The summed E-state index contributed by atoms with van der Waals surface area (Å²) in [6.45, 7) is 11.9. The lowest BCUT2D eigenvalue weighted by Crippen LogP contribution is -2.17. The summed E-state index contributed by atoms with van der Waals surface area (Å²) < 4.78 is 5.39. The third-order valence-corrected chi connectivity index (χ3v) is 3.70. The minimum absolute atomic E-state index is 0.0433. The number of carbonyl (C=O) groups excluding carboxylic acids is 1. The van der Waals surface area contributed by atoms with E-state index in [1.54, 1.807) is 12.2 Å². The van der Waals surface area contributed by atoms with Gasteiger partial charge in [-0.2, -0.15) is 0 Å². The Kier molecular flexibility index (Phi) is 5.39. The number of esters is 1. The fraction of sp³-hybridized carbons (Fsp3) is 0.500. The highest BCUT2D eigenvalue weighted by atomic mass is 16.5. The van der Waals surface area contributed by atoms with Crippen LogP contribution in [-0.4, -0.2) is 12.1 Å². The van der Waals surface area contributed by atoms with Crippen LogP contribution in [0.3, 0.4) is 0 Å². The average Bonchev–Trinajstić information content (AvgIpc) is 2.88. The van der Waals surface area contributed by atoms with Crippen molar-refractivity contribution in [3.63, 3.8) is 0 Å². The molecule has 0 radical (unpaired) electrons. The molecule has 1 aliphatic carbocycles. The molecule has 0 spiro atoms. The van der Waals surface area contributed by atoms with Crippen molar-refractivity contribution >= 4 is 5.97 Å². The summed E-state index contributed by atoms with van der Waals surface area (Å²) in [5.74, 6) is 2.42. The lowest BCUT2D eigenvalue weighted by atomic mass is 10.1. The van der Waals surface area contributed by atoms with Gasteiger partial charge in [0.15, 0.2) is 6.10 Å². The van der Waals surface area contributed by atoms with E-state index in [1.807, 2.05) is 19.9 Å². The SMILES string of the molecule is C#CC(/C=C/CC=C)OC(=O)C1C(C=C(C)C)C1(C)C. The van der Waals surface area contributed by atoms with Gasteiger partial charge in [0.05, 0.1) is 5.92 Å². The third-order valence-electron chi connectivity index (χ3n) is 3.70. The van der Waals surface area contributed by atoms with Gasteiger partial charge in [0.1, 0.15) is 0 Å². The predicted octanol–water partition coefficient (Wildman–Crippen LogP) is 3.90. The fourth-order valence-electron chi connectivity index (χ4n) is 2.42. The van der Waals surface area contributed by atoms with Crippen LogP contribution in [-0.2, 0) is 9.53 Å². The van der Waals surface area contributed by atoms with Crippen molar-refractivity contribution in [3.05, 3.63) is 36.5 Å². The van der Waals surface area contributed by atoms with Crippen molar-refractivity contribution in [1.29, 1.82) is 0 Å². The van der Waals surface area contributed by atoms with Gasteiger partial charge < -0.3 is 4.74 Å². The van der Waals surface area contributed by atoms with Crippen molar-refractivity contribution < 1.29 is 9.53 Å². The van der Waals surface area contributed by atoms with Crippen molar-refractivity contribution in [2.75, 3.05) is 0 Å². The number of carbonyl (C=O) groups is 1. The zero-order chi connectivity index (χ0) is 15.3. The largest absolute Gasteiger partial charge is 0.445 e. The Morgan fingerprint density at radius 3 is 2.65 bits per heavy atom. The lowest BCUT2D eigenvalue weighted by Gasteiger charge is -2.09. The number of ether oxygens (including phenoxy) is 1. The molecule has 1 rings (SSSR count). The molecule has 1 aliphatic rings. The molecule has 0 amide bonds. The molecule has 20 heavy (non-hydrogen) atoms. The first-order chi connectivity index (χ1) is 9.34. The van der Waals surface area contributed by atoms with Crippen LogP contribution in [0.15, 0.2) is 36.5 Å². The molecule has 1 fully saturated rings. The van der Waals surface area contributed by atoms with Crippen LogP contribution >= 0.6 is 0 Å². The molecule has 0 bridgehead atoms. The molecular weight excluding hydrogens is 248 g/mol. The molecule has 3 atom stereocenters. The number of terminal acetylenes is 1. The second kappa shape index (κ2) is 6.61. The van der Waals surface area contributed by atoms with E-state index >= 15 is 0 Å². The van der Waals surface area contributed by atoms with Gasteiger partial charge in [0.2, 0.25) is 0 Å². The van der Waals surface area contributed by atoms with E-state index in [0.717, 1.165) is 0 Å². The van der Waals surface area contributed by atoms with Crippen LogP contribution in [0.1, 0.15) is 34.1 Å². The Bertz CT molecular complexity index is 470. The first-order valence-corrected chi connectivity index (χ1v) is 6.93. The Labute approximate surface area is 122 Å². The van der Waals surface area contributed by atoms with Gasteiger partial charge >= 0.3 is 5.97 Å². The average molecular weight is 272 g/mol. The molecular formula is C18H24O2. The maximum atomic E-state index is 12.2. The lowest BCUT2D eigenvalue weighted by molar-refractivity contribution is -0.147.